The van der Waals surface area contributed by atoms with Crippen LogP contribution in [0.3, 0.4) is 0 Å². The second kappa shape index (κ2) is 5.40. The normalized spacial score (nSPS) is 22.9. The first-order chi connectivity index (χ1) is 8.68. The minimum absolute atomic E-state index is 0.600. The molecule has 98 valence electrons. The standard InChI is InChI=1S/C14H19NO3/c1-18-12-6-3-2-5-11(12)7-9-14(13(16)17)8-4-10-15-14/h2-3,5-6,15H,4,7-10H2,1H3,(H,16,17). The van der Waals surface area contributed by atoms with E-state index in [2.05, 4.69) is 5.32 Å². The molecule has 4 heteroatoms. The Hall–Kier alpha value is -1.55. The predicted octanol–water partition coefficient (Wildman–Crippen LogP) is 1.83. The third kappa shape index (κ3) is 2.48. The molecule has 0 radical (unpaired) electrons. The van der Waals surface area contributed by atoms with Gasteiger partial charge in [-0.3, -0.25) is 4.79 Å². The number of aryl methyl sites for hydroxylation is 1. The zero-order valence-electron chi connectivity index (χ0n) is 10.6. The topological polar surface area (TPSA) is 58.6 Å². The molecule has 4 nitrogen and oxygen atoms in total. The fourth-order valence-corrected chi connectivity index (χ4v) is 2.57. The van der Waals surface area contributed by atoms with Crippen molar-refractivity contribution in [3.63, 3.8) is 0 Å². The van der Waals surface area contributed by atoms with Crippen LogP contribution >= 0.6 is 0 Å². The molecule has 0 saturated carbocycles. The summed E-state index contributed by atoms with van der Waals surface area (Å²) in [6.45, 7) is 0.790. The summed E-state index contributed by atoms with van der Waals surface area (Å²) in [5.74, 6) is 0.0888. The molecular formula is C14H19NO3. The lowest BCUT2D eigenvalue weighted by molar-refractivity contribution is -0.144. The van der Waals surface area contributed by atoms with E-state index >= 15 is 0 Å². The summed E-state index contributed by atoms with van der Waals surface area (Å²) in [6.07, 6.45) is 2.95. The summed E-state index contributed by atoms with van der Waals surface area (Å²) in [7, 11) is 1.64. The van der Waals surface area contributed by atoms with Crippen molar-refractivity contribution in [1.82, 2.24) is 5.32 Å². The summed E-state index contributed by atoms with van der Waals surface area (Å²) in [4.78, 5) is 11.4. The number of rotatable bonds is 5. The number of methoxy groups -OCH3 is 1. The van der Waals surface area contributed by atoms with E-state index in [1.165, 1.54) is 0 Å². The SMILES string of the molecule is COc1ccccc1CCC1(C(=O)O)CCCN1. The number of carbonyl (C=O) groups is 1. The van der Waals surface area contributed by atoms with Crippen LogP contribution in [-0.4, -0.2) is 30.3 Å². The molecule has 1 aromatic rings. The number of carboxylic acids is 1. The van der Waals surface area contributed by atoms with Gasteiger partial charge in [-0.15, -0.1) is 0 Å². The Bertz CT molecular complexity index is 425. The van der Waals surface area contributed by atoms with Crippen molar-refractivity contribution in [2.24, 2.45) is 0 Å². The molecule has 1 unspecified atom stereocenters. The Labute approximate surface area is 107 Å². The summed E-state index contributed by atoms with van der Waals surface area (Å²) >= 11 is 0. The minimum atomic E-state index is -0.749. The van der Waals surface area contributed by atoms with Gasteiger partial charge in [0.15, 0.2) is 0 Å². The minimum Gasteiger partial charge on any atom is -0.496 e. The fraction of sp³-hybridized carbons (Fsp3) is 0.500. The van der Waals surface area contributed by atoms with Crippen molar-refractivity contribution >= 4 is 5.97 Å². The number of hydrogen-bond donors (Lipinski definition) is 2. The molecule has 0 spiro atoms. The van der Waals surface area contributed by atoms with Gasteiger partial charge in [0.1, 0.15) is 11.3 Å². The van der Waals surface area contributed by atoms with Gasteiger partial charge in [-0.2, -0.15) is 0 Å². The smallest absolute Gasteiger partial charge is 0.323 e. The summed E-state index contributed by atoms with van der Waals surface area (Å²) in [6, 6.07) is 7.77. The number of aliphatic carboxylic acids is 1. The third-order valence-corrected chi connectivity index (χ3v) is 3.67. The summed E-state index contributed by atoms with van der Waals surface area (Å²) < 4.78 is 5.29. The highest BCUT2D eigenvalue weighted by Crippen LogP contribution is 2.28. The molecule has 1 aliphatic rings. The molecule has 0 amide bonds. The van der Waals surface area contributed by atoms with Crippen LogP contribution in [0.5, 0.6) is 5.75 Å². The molecule has 2 rings (SSSR count). The van der Waals surface area contributed by atoms with Gasteiger partial charge in [-0.05, 0) is 43.9 Å². The molecule has 1 saturated heterocycles. The number of hydrogen-bond acceptors (Lipinski definition) is 3. The van der Waals surface area contributed by atoms with E-state index in [9.17, 15) is 9.90 Å². The van der Waals surface area contributed by atoms with E-state index < -0.39 is 11.5 Å². The molecule has 0 aliphatic carbocycles. The van der Waals surface area contributed by atoms with Crippen LogP contribution in [0.2, 0.25) is 0 Å². The second-order valence-corrected chi connectivity index (χ2v) is 4.73. The van der Waals surface area contributed by atoms with Crippen molar-refractivity contribution in [2.75, 3.05) is 13.7 Å². The highest BCUT2D eigenvalue weighted by atomic mass is 16.5. The van der Waals surface area contributed by atoms with Crippen molar-refractivity contribution < 1.29 is 14.6 Å². The molecule has 1 heterocycles. The van der Waals surface area contributed by atoms with Crippen molar-refractivity contribution in [3.8, 4) is 5.75 Å². The predicted molar refractivity (Wildman–Crippen MR) is 68.9 cm³/mol. The van der Waals surface area contributed by atoms with Gasteiger partial charge in [0.25, 0.3) is 0 Å². The molecule has 2 N–H and O–H groups in total. The number of para-hydroxylation sites is 1. The third-order valence-electron chi connectivity index (χ3n) is 3.67. The van der Waals surface area contributed by atoms with Gasteiger partial charge in [-0.1, -0.05) is 18.2 Å². The van der Waals surface area contributed by atoms with Crippen LogP contribution in [0.15, 0.2) is 24.3 Å². The summed E-state index contributed by atoms with van der Waals surface area (Å²) in [5, 5.41) is 12.5. The summed E-state index contributed by atoms with van der Waals surface area (Å²) in [5.41, 5.74) is 0.315. The largest absolute Gasteiger partial charge is 0.496 e. The van der Waals surface area contributed by atoms with Gasteiger partial charge in [-0.25, -0.2) is 0 Å². The van der Waals surface area contributed by atoms with Crippen molar-refractivity contribution in [1.29, 1.82) is 0 Å². The van der Waals surface area contributed by atoms with Gasteiger partial charge in [0.2, 0.25) is 0 Å². The van der Waals surface area contributed by atoms with Gasteiger partial charge in [0, 0.05) is 0 Å². The highest BCUT2D eigenvalue weighted by molar-refractivity contribution is 5.79. The van der Waals surface area contributed by atoms with Crippen molar-refractivity contribution in [2.45, 2.75) is 31.2 Å². The zero-order valence-corrected chi connectivity index (χ0v) is 10.6. The maximum absolute atomic E-state index is 11.4. The average molecular weight is 249 g/mol. The Balaban J connectivity index is 2.08. The Morgan fingerprint density at radius 2 is 2.28 bits per heavy atom. The second-order valence-electron chi connectivity index (χ2n) is 4.73. The monoisotopic (exact) mass is 249 g/mol. The molecule has 1 aliphatic heterocycles. The van der Waals surface area contributed by atoms with E-state index in [0.29, 0.717) is 19.3 Å². The van der Waals surface area contributed by atoms with Crippen LogP contribution in [0, 0.1) is 0 Å². The molecule has 0 aromatic heterocycles. The molecule has 1 aromatic carbocycles. The van der Waals surface area contributed by atoms with Crippen LogP contribution in [0.4, 0.5) is 0 Å². The highest BCUT2D eigenvalue weighted by Gasteiger charge is 2.40. The average Bonchev–Trinajstić information content (AvgIpc) is 2.87. The van der Waals surface area contributed by atoms with Crippen LogP contribution < -0.4 is 10.1 Å². The van der Waals surface area contributed by atoms with Gasteiger partial charge >= 0.3 is 5.97 Å². The maximum atomic E-state index is 11.4. The number of nitrogens with one attached hydrogen (secondary N) is 1. The molecular weight excluding hydrogens is 230 g/mol. The quantitative estimate of drug-likeness (QED) is 0.836. The fourth-order valence-electron chi connectivity index (χ4n) is 2.57. The molecule has 18 heavy (non-hydrogen) atoms. The van der Waals surface area contributed by atoms with E-state index in [1.54, 1.807) is 7.11 Å². The first-order valence-electron chi connectivity index (χ1n) is 6.28. The van der Waals surface area contributed by atoms with E-state index in [1.807, 2.05) is 24.3 Å². The van der Waals surface area contributed by atoms with E-state index in [4.69, 9.17) is 4.74 Å². The molecule has 0 bridgehead atoms. The van der Waals surface area contributed by atoms with Gasteiger partial charge in [0.05, 0.1) is 7.11 Å². The van der Waals surface area contributed by atoms with Gasteiger partial charge < -0.3 is 15.2 Å². The lowest BCUT2D eigenvalue weighted by Gasteiger charge is -2.24. The van der Waals surface area contributed by atoms with Crippen LogP contribution in [0.1, 0.15) is 24.8 Å². The first-order valence-corrected chi connectivity index (χ1v) is 6.28. The number of carboxylic acid groups (broad SMARTS) is 1. The molecule has 1 atom stereocenters. The number of benzene rings is 1. The zero-order chi connectivity index (χ0) is 13.0. The first kappa shape index (κ1) is 12.9. The maximum Gasteiger partial charge on any atom is 0.323 e. The van der Waals surface area contributed by atoms with Crippen LogP contribution in [0.25, 0.3) is 0 Å². The Morgan fingerprint density at radius 3 is 2.89 bits per heavy atom. The Morgan fingerprint density at radius 1 is 1.50 bits per heavy atom. The lowest BCUT2D eigenvalue weighted by atomic mass is 9.89. The van der Waals surface area contributed by atoms with E-state index in [-0.39, 0.29) is 0 Å². The van der Waals surface area contributed by atoms with Crippen LogP contribution in [-0.2, 0) is 11.2 Å². The Kier molecular flexibility index (Phi) is 3.87. The number of ether oxygens (including phenoxy) is 1. The molecule has 1 fully saturated rings. The van der Waals surface area contributed by atoms with E-state index in [0.717, 1.165) is 24.3 Å². The lowest BCUT2D eigenvalue weighted by Crippen LogP contribution is -2.47. The van der Waals surface area contributed by atoms with Crippen molar-refractivity contribution in [3.05, 3.63) is 29.8 Å².